The number of carbonyl (C=O) groups is 2. The van der Waals surface area contributed by atoms with Gasteiger partial charge in [0, 0.05) is 12.7 Å². The number of nitrogens with zero attached hydrogens (tertiary/aromatic N) is 1. The van der Waals surface area contributed by atoms with E-state index in [4.69, 9.17) is 9.84 Å². The van der Waals surface area contributed by atoms with E-state index in [1.807, 2.05) is 0 Å². The number of ether oxygens (including phenoxy) is 1. The average Bonchev–Trinajstić information content (AvgIpc) is 2.85. The summed E-state index contributed by atoms with van der Waals surface area (Å²) in [5, 5.41) is 11.3. The van der Waals surface area contributed by atoms with Crippen LogP contribution in [-0.4, -0.2) is 41.7 Å². The number of carboxylic acid groups (broad SMARTS) is 1. The van der Waals surface area contributed by atoms with Crippen molar-refractivity contribution in [3.05, 3.63) is 29.3 Å². The lowest BCUT2D eigenvalue weighted by atomic mass is 10.2. The third kappa shape index (κ3) is 3.07. The quantitative estimate of drug-likeness (QED) is 0.857. The maximum atomic E-state index is 12.0. The molecule has 1 aromatic carbocycles. The topological polar surface area (TPSA) is 88.5 Å². The van der Waals surface area contributed by atoms with Crippen LogP contribution in [0.25, 0.3) is 10.2 Å². The van der Waals surface area contributed by atoms with Gasteiger partial charge in [-0.25, -0.2) is 9.78 Å². The molecule has 2 aromatic rings. The van der Waals surface area contributed by atoms with Crippen molar-refractivity contribution in [2.45, 2.75) is 6.04 Å². The lowest BCUT2D eigenvalue weighted by Gasteiger charge is -2.13. The Kier molecular flexibility index (Phi) is 4.08. The van der Waals surface area contributed by atoms with Gasteiger partial charge in [0.25, 0.3) is 5.91 Å². The number of aliphatic carboxylic acids is 1. The Hall–Kier alpha value is -1.99. The number of carboxylic acids is 1. The van der Waals surface area contributed by atoms with Crippen molar-refractivity contribution >= 4 is 33.4 Å². The van der Waals surface area contributed by atoms with E-state index in [0.29, 0.717) is 5.56 Å². The number of rotatable bonds is 5. The molecule has 6 nitrogen and oxygen atoms in total. The van der Waals surface area contributed by atoms with Crippen molar-refractivity contribution in [3.8, 4) is 0 Å². The Labute approximate surface area is 113 Å². The molecule has 2 N–H and O–H groups in total. The van der Waals surface area contributed by atoms with Crippen molar-refractivity contribution in [2.24, 2.45) is 0 Å². The molecule has 0 saturated heterocycles. The molecule has 0 bridgehead atoms. The minimum absolute atomic E-state index is 0.0795. The van der Waals surface area contributed by atoms with E-state index in [9.17, 15) is 9.59 Å². The molecule has 0 aliphatic carbocycles. The minimum atomic E-state index is -1.13. The lowest BCUT2D eigenvalue weighted by Crippen LogP contribution is -2.43. The maximum Gasteiger partial charge on any atom is 0.328 e. The highest BCUT2D eigenvalue weighted by Crippen LogP contribution is 2.19. The third-order valence-electron chi connectivity index (χ3n) is 2.53. The van der Waals surface area contributed by atoms with E-state index < -0.39 is 17.9 Å². The van der Waals surface area contributed by atoms with Crippen LogP contribution in [0, 0.1) is 0 Å². The number of methoxy groups -OCH3 is 1. The number of amides is 1. The fraction of sp³-hybridized carbons (Fsp3) is 0.250. The fourth-order valence-corrected chi connectivity index (χ4v) is 2.30. The molecule has 1 atom stereocenters. The van der Waals surface area contributed by atoms with E-state index >= 15 is 0 Å². The molecule has 2 rings (SSSR count). The van der Waals surface area contributed by atoms with Gasteiger partial charge in [0.1, 0.15) is 0 Å². The first-order valence-electron chi connectivity index (χ1n) is 5.47. The van der Waals surface area contributed by atoms with E-state index in [0.717, 1.165) is 10.2 Å². The zero-order valence-corrected chi connectivity index (χ0v) is 10.9. The molecule has 0 aliphatic rings. The Morgan fingerprint density at radius 1 is 1.53 bits per heavy atom. The number of hydrogen-bond donors (Lipinski definition) is 2. The zero-order chi connectivity index (χ0) is 13.8. The van der Waals surface area contributed by atoms with E-state index in [-0.39, 0.29) is 6.61 Å². The van der Waals surface area contributed by atoms with Crippen LogP contribution in [0.15, 0.2) is 23.7 Å². The van der Waals surface area contributed by atoms with Crippen molar-refractivity contribution in [1.29, 1.82) is 0 Å². The van der Waals surface area contributed by atoms with Crippen molar-refractivity contribution in [1.82, 2.24) is 10.3 Å². The number of fused-ring (bicyclic) bond motifs is 1. The second-order valence-corrected chi connectivity index (χ2v) is 4.74. The molecule has 1 unspecified atom stereocenters. The van der Waals surface area contributed by atoms with Crippen molar-refractivity contribution in [3.63, 3.8) is 0 Å². The maximum absolute atomic E-state index is 12.0. The Morgan fingerprint density at radius 2 is 2.32 bits per heavy atom. The van der Waals surface area contributed by atoms with Crippen LogP contribution in [-0.2, 0) is 9.53 Å². The molecule has 1 amide bonds. The van der Waals surface area contributed by atoms with Crippen LogP contribution >= 0.6 is 11.3 Å². The normalized spacial score (nSPS) is 12.3. The molecular weight excluding hydrogens is 268 g/mol. The summed E-state index contributed by atoms with van der Waals surface area (Å²) in [6.45, 7) is -0.0795. The summed E-state index contributed by atoms with van der Waals surface area (Å²) in [6, 6.07) is 3.97. The van der Waals surface area contributed by atoms with Crippen molar-refractivity contribution in [2.75, 3.05) is 13.7 Å². The average molecular weight is 280 g/mol. The van der Waals surface area contributed by atoms with Gasteiger partial charge in [0.15, 0.2) is 6.04 Å². The summed E-state index contributed by atoms with van der Waals surface area (Å²) in [7, 11) is 1.38. The van der Waals surface area contributed by atoms with Crippen LogP contribution in [0.4, 0.5) is 0 Å². The predicted molar refractivity (Wildman–Crippen MR) is 70.4 cm³/mol. The summed E-state index contributed by atoms with van der Waals surface area (Å²) in [4.78, 5) is 27.0. The first-order valence-corrected chi connectivity index (χ1v) is 6.35. The first-order chi connectivity index (χ1) is 9.11. The van der Waals surface area contributed by atoms with Crippen molar-refractivity contribution < 1.29 is 19.4 Å². The van der Waals surface area contributed by atoms with Crippen LogP contribution in [0.3, 0.4) is 0 Å². The SMILES string of the molecule is COCC(NC(=O)c1ccc2ncsc2c1)C(=O)O. The number of benzene rings is 1. The summed E-state index contributed by atoms with van der Waals surface area (Å²) in [5.41, 5.74) is 2.91. The zero-order valence-electron chi connectivity index (χ0n) is 10.1. The van der Waals surface area contributed by atoms with Gasteiger partial charge in [-0.05, 0) is 18.2 Å². The minimum Gasteiger partial charge on any atom is -0.480 e. The molecule has 0 spiro atoms. The van der Waals surface area contributed by atoms with Gasteiger partial charge in [-0.1, -0.05) is 0 Å². The molecule has 1 aromatic heterocycles. The number of hydrogen-bond acceptors (Lipinski definition) is 5. The molecule has 100 valence electrons. The molecule has 0 aliphatic heterocycles. The fourth-order valence-electron chi connectivity index (χ4n) is 1.58. The van der Waals surface area contributed by atoms with E-state index in [1.165, 1.54) is 18.4 Å². The summed E-state index contributed by atoms with van der Waals surface area (Å²) in [6.07, 6.45) is 0. The Morgan fingerprint density at radius 3 is 3.00 bits per heavy atom. The number of thiazole rings is 1. The molecule has 0 saturated carbocycles. The van der Waals surface area contributed by atoms with Crippen LogP contribution in [0.5, 0.6) is 0 Å². The van der Waals surface area contributed by atoms with Gasteiger partial charge in [0.05, 0.1) is 22.3 Å². The van der Waals surface area contributed by atoms with E-state index in [2.05, 4.69) is 10.3 Å². The highest BCUT2D eigenvalue weighted by molar-refractivity contribution is 7.16. The van der Waals surface area contributed by atoms with Gasteiger partial charge in [0.2, 0.25) is 0 Å². The molecular formula is C12H12N2O4S. The molecule has 19 heavy (non-hydrogen) atoms. The summed E-state index contributed by atoms with van der Waals surface area (Å²) >= 11 is 1.42. The first kappa shape index (κ1) is 13.4. The largest absolute Gasteiger partial charge is 0.480 e. The third-order valence-corrected chi connectivity index (χ3v) is 3.32. The summed E-state index contributed by atoms with van der Waals surface area (Å²) < 4.78 is 5.64. The number of aromatic nitrogens is 1. The van der Waals surface area contributed by atoms with Crippen LogP contribution in [0.2, 0.25) is 0 Å². The monoisotopic (exact) mass is 280 g/mol. The lowest BCUT2D eigenvalue weighted by molar-refractivity contribution is -0.140. The summed E-state index contributed by atoms with van der Waals surface area (Å²) in [5.74, 6) is -1.58. The number of carbonyl (C=O) groups excluding carboxylic acids is 1. The van der Waals surface area contributed by atoms with Crippen LogP contribution in [0.1, 0.15) is 10.4 Å². The van der Waals surface area contributed by atoms with Gasteiger partial charge in [-0.3, -0.25) is 4.79 Å². The molecule has 7 heteroatoms. The highest BCUT2D eigenvalue weighted by atomic mass is 32.1. The van der Waals surface area contributed by atoms with E-state index in [1.54, 1.807) is 23.7 Å². The second-order valence-electron chi connectivity index (χ2n) is 3.85. The number of nitrogens with one attached hydrogen (secondary N) is 1. The Balaban J connectivity index is 2.16. The predicted octanol–water partition coefficient (Wildman–Crippen LogP) is 1.13. The van der Waals surface area contributed by atoms with Crippen LogP contribution < -0.4 is 5.32 Å². The highest BCUT2D eigenvalue weighted by Gasteiger charge is 2.20. The smallest absolute Gasteiger partial charge is 0.328 e. The molecule has 0 fully saturated rings. The Bertz CT molecular complexity index is 611. The van der Waals surface area contributed by atoms with Gasteiger partial charge in [-0.2, -0.15) is 0 Å². The molecule has 0 radical (unpaired) electrons. The van der Waals surface area contributed by atoms with Gasteiger partial charge < -0.3 is 15.2 Å². The molecule has 1 heterocycles. The second kappa shape index (κ2) is 5.77. The standard InChI is InChI=1S/C12H12N2O4S/c1-18-5-9(12(16)17)14-11(15)7-2-3-8-10(4-7)19-6-13-8/h2-4,6,9H,5H2,1H3,(H,14,15)(H,16,17). The van der Waals surface area contributed by atoms with Gasteiger partial charge in [-0.15, -0.1) is 11.3 Å². The van der Waals surface area contributed by atoms with Gasteiger partial charge >= 0.3 is 5.97 Å².